The molecule has 0 radical (unpaired) electrons. The first-order chi connectivity index (χ1) is 14.9. The molecule has 1 N–H and O–H groups in total. The molecular weight excluding hydrogens is 482 g/mol. The first-order valence-corrected chi connectivity index (χ1v) is 11.3. The summed E-state index contributed by atoms with van der Waals surface area (Å²) in [5, 5.41) is 7.74. The summed E-state index contributed by atoms with van der Waals surface area (Å²) in [5.41, 5.74) is -2.35. The number of thioether (sulfide) groups is 1. The van der Waals surface area contributed by atoms with Crippen molar-refractivity contribution < 1.29 is 18.0 Å². The largest absolute Gasteiger partial charge is 0.420 e. The SMILES string of the molecule is Cc1c(C(F)(F)F)c(C(=O)NC(C)(C)CSc2ccc(Cl)cc2)nn1-c1ccc(Cl)cc1. The maximum Gasteiger partial charge on any atom is 0.420 e. The average Bonchev–Trinajstić information content (AvgIpc) is 3.06. The van der Waals surface area contributed by atoms with Crippen molar-refractivity contribution in [1.29, 1.82) is 0 Å². The van der Waals surface area contributed by atoms with Crippen molar-refractivity contribution in [3.8, 4) is 5.69 Å². The second kappa shape index (κ2) is 9.37. The van der Waals surface area contributed by atoms with Gasteiger partial charge >= 0.3 is 6.18 Å². The standard InChI is InChI=1S/C22H20Cl2F3N3OS/c1-13-18(22(25,26)27)19(29-30(13)16-8-4-14(23)5-9-16)20(31)28-21(2,3)12-32-17-10-6-15(24)7-11-17/h4-11H,12H2,1-3H3,(H,28,31). The van der Waals surface area contributed by atoms with E-state index in [1.807, 2.05) is 12.1 Å². The Morgan fingerprint density at radius 1 is 1.03 bits per heavy atom. The van der Waals surface area contributed by atoms with Crippen LogP contribution in [0.5, 0.6) is 0 Å². The molecule has 10 heteroatoms. The third kappa shape index (κ3) is 5.79. The minimum Gasteiger partial charge on any atom is -0.345 e. The summed E-state index contributed by atoms with van der Waals surface area (Å²) >= 11 is 13.2. The smallest absolute Gasteiger partial charge is 0.345 e. The van der Waals surface area contributed by atoms with Gasteiger partial charge in [-0.25, -0.2) is 4.68 Å². The maximum absolute atomic E-state index is 13.8. The summed E-state index contributed by atoms with van der Waals surface area (Å²) < 4.78 is 42.6. The number of alkyl halides is 3. The zero-order valence-electron chi connectivity index (χ0n) is 17.4. The Morgan fingerprint density at radius 2 is 1.56 bits per heavy atom. The molecule has 0 atom stereocenters. The molecule has 1 heterocycles. The van der Waals surface area contributed by atoms with Gasteiger partial charge in [0, 0.05) is 26.2 Å². The Balaban J connectivity index is 1.86. The van der Waals surface area contributed by atoms with Crippen LogP contribution >= 0.6 is 35.0 Å². The van der Waals surface area contributed by atoms with E-state index in [4.69, 9.17) is 23.2 Å². The van der Waals surface area contributed by atoms with Crippen LogP contribution in [0.15, 0.2) is 53.4 Å². The molecule has 0 fully saturated rings. The molecule has 4 nitrogen and oxygen atoms in total. The summed E-state index contributed by atoms with van der Waals surface area (Å²) in [6, 6.07) is 13.3. The fraction of sp³-hybridized carbons (Fsp3) is 0.273. The highest BCUT2D eigenvalue weighted by Crippen LogP contribution is 2.36. The van der Waals surface area contributed by atoms with Crippen LogP contribution in [0.25, 0.3) is 5.69 Å². The van der Waals surface area contributed by atoms with E-state index < -0.39 is 28.9 Å². The molecule has 0 spiro atoms. The molecule has 1 aromatic heterocycles. The molecule has 0 saturated carbocycles. The number of amides is 1. The van der Waals surface area contributed by atoms with Gasteiger partial charge in [0.25, 0.3) is 5.91 Å². The van der Waals surface area contributed by atoms with Gasteiger partial charge in [0.05, 0.1) is 11.4 Å². The van der Waals surface area contributed by atoms with Gasteiger partial charge in [-0.15, -0.1) is 11.8 Å². The van der Waals surface area contributed by atoms with Crippen molar-refractivity contribution >= 4 is 40.9 Å². The molecule has 0 bridgehead atoms. The molecule has 0 aliphatic rings. The van der Waals surface area contributed by atoms with Gasteiger partial charge in [0.15, 0.2) is 5.69 Å². The normalized spacial score (nSPS) is 12.1. The van der Waals surface area contributed by atoms with Gasteiger partial charge in [-0.3, -0.25) is 4.79 Å². The minimum atomic E-state index is -4.75. The predicted octanol–water partition coefficient (Wildman–Crippen LogP) is 6.81. The van der Waals surface area contributed by atoms with Gasteiger partial charge in [0.2, 0.25) is 0 Å². The molecule has 0 saturated heterocycles. The van der Waals surface area contributed by atoms with Crippen molar-refractivity contribution in [2.75, 3.05) is 5.75 Å². The van der Waals surface area contributed by atoms with Crippen molar-refractivity contribution in [3.05, 3.63) is 75.5 Å². The Morgan fingerprint density at radius 3 is 2.09 bits per heavy atom. The second-order valence-electron chi connectivity index (χ2n) is 7.78. The Labute approximate surface area is 198 Å². The first kappa shape index (κ1) is 24.5. The highest BCUT2D eigenvalue weighted by atomic mass is 35.5. The number of hydrogen-bond acceptors (Lipinski definition) is 3. The number of hydrogen-bond donors (Lipinski definition) is 1. The summed E-state index contributed by atoms with van der Waals surface area (Å²) in [4.78, 5) is 13.8. The summed E-state index contributed by atoms with van der Waals surface area (Å²) in [6.45, 7) is 4.76. The van der Waals surface area contributed by atoms with Crippen molar-refractivity contribution in [2.24, 2.45) is 0 Å². The number of nitrogens with zero attached hydrogens (tertiary/aromatic N) is 2. The summed E-state index contributed by atoms with van der Waals surface area (Å²) in [7, 11) is 0. The number of aromatic nitrogens is 2. The van der Waals surface area contributed by atoms with Crippen LogP contribution in [0.3, 0.4) is 0 Å². The summed E-state index contributed by atoms with van der Waals surface area (Å²) in [5.74, 6) is -0.464. The Kier molecular flexibility index (Phi) is 7.17. The van der Waals surface area contributed by atoms with Crippen molar-refractivity contribution in [2.45, 2.75) is 37.4 Å². The number of carbonyl (C=O) groups is 1. The van der Waals surface area contributed by atoms with E-state index in [0.717, 1.165) is 9.58 Å². The van der Waals surface area contributed by atoms with Crippen LogP contribution in [-0.4, -0.2) is 27.0 Å². The van der Waals surface area contributed by atoms with Crippen LogP contribution in [0.4, 0.5) is 13.2 Å². The highest BCUT2D eigenvalue weighted by Gasteiger charge is 2.41. The van der Waals surface area contributed by atoms with Gasteiger partial charge in [-0.2, -0.15) is 18.3 Å². The number of benzene rings is 2. The van der Waals surface area contributed by atoms with Gasteiger partial charge in [-0.05, 0) is 69.3 Å². The molecule has 2 aromatic carbocycles. The molecule has 3 aromatic rings. The van der Waals surface area contributed by atoms with E-state index in [1.165, 1.54) is 30.8 Å². The van der Waals surface area contributed by atoms with Crippen molar-refractivity contribution in [1.82, 2.24) is 15.1 Å². The third-order valence-electron chi connectivity index (χ3n) is 4.55. The minimum absolute atomic E-state index is 0.182. The Bertz CT molecular complexity index is 1110. The van der Waals surface area contributed by atoms with E-state index in [9.17, 15) is 18.0 Å². The van der Waals surface area contributed by atoms with Crippen LogP contribution in [0, 0.1) is 6.92 Å². The molecule has 32 heavy (non-hydrogen) atoms. The van der Waals surface area contributed by atoms with Crippen LogP contribution in [0.2, 0.25) is 10.0 Å². The second-order valence-corrected chi connectivity index (χ2v) is 9.70. The van der Waals surface area contributed by atoms with E-state index in [-0.39, 0.29) is 5.69 Å². The number of halogens is 5. The predicted molar refractivity (Wildman–Crippen MR) is 122 cm³/mol. The van der Waals surface area contributed by atoms with E-state index in [2.05, 4.69) is 10.4 Å². The van der Waals surface area contributed by atoms with E-state index in [0.29, 0.717) is 21.5 Å². The molecular formula is C22H20Cl2F3N3OS. The topological polar surface area (TPSA) is 46.9 Å². The molecule has 3 rings (SSSR count). The lowest BCUT2D eigenvalue weighted by molar-refractivity contribution is -0.138. The number of rotatable bonds is 6. The average molecular weight is 502 g/mol. The number of nitrogens with one attached hydrogen (secondary N) is 1. The van der Waals surface area contributed by atoms with E-state index >= 15 is 0 Å². The van der Waals surface area contributed by atoms with Gasteiger partial charge < -0.3 is 5.32 Å². The lowest BCUT2D eigenvalue weighted by atomic mass is 10.1. The zero-order chi connectivity index (χ0) is 23.7. The third-order valence-corrected chi connectivity index (χ3v) is 6.53. The fourth-order valence-corrected chi connectivity index (χ4v) is 4.21. The van der Waals surface area contributed by atoms with Gasteiger partial charge in [0.1, 0.15) is 5.56 Å². The maximum atomic E-state index is 13.8. The van der Waals surface area contributed by atoms with Crippen LogP contribution < -0.4 is 5.32 Å². The number of carbonyl (C=O) groups excluding carboxylic acids is 1. The van der Waals surface area contributed by atoms with Gasteiger partial charge in [-0.1, -0.05) is 23.2 Å². The molecule has 0 aliphatic carbocycles. The molecule has 1 amide bonds. The summed E-state index contributed by atoms with van der Waals surface area (Å²) in [6.07, 6.45) is -4.75. The lowest BCUT2D eigenvalue weighted by Gasteiger charge is -2.25. The van der Waals surface area contributed by atoms with Crippen LogP contribution in [0.1, 0.15) is 35.6 Å². The van der Waals surface area contributed by atoms with E-state index in [1.54, 1.807) is 38.1 Å². The zero-order valence-corrected chi connectivity index (χ0v) is 19.8. The molecule has 0 unspecified atom stereocenters. The lowest BCUT2D eigenvalue weighted by Crippen LogP contribution is -2.46. The van der Waals surface area contributed by atoms with Crippen LogP contribution in [-0.2, 0) is 6.18 Å². The van der Waals surface area contributed by atoms with Crippen molar-refractivity contribution in [3.63, 3.8) is 0 Å². The molecule has 170 valence electrons. The monoisotopic (exact) mass is 501 g/mol. The Hall–Kier alpha value is -2.16. The highest BCUT2D eigenvalue weighted by molar-refractivity contribution is 7.99. The molecule has 0 aliphatic heterocycles. The first-order valence-electron chi connectivity index (χ1n) is 9.51. The quantitative estimate of drug-likeness (QED) is 0.377. The fourth-order valence-electron chi connectivity index (χ4n) is 3.03.